The second kappa shape index (κ2) is 5.91. The number of alkyl halides is 3. The number of anilines is 1. The van der Waals surface area contributed by atoms with Crippen LogP contribution in [0.1, 0.15) is 19.4 Å². The second-order valence-corrected chi connectivity index (χ2v) is 3.92. The molecule has 0 aliphatic carbocycles. The average molecular weight is 247 g/mol. The molecule has 0 atom stereocenters. The second-order valence-electron chi connectivity index (χ2n) is 3.92. The molecule has 1 rings (SSSR count). The Morgan fingerprint density at radius 2 is 2.00 bits per heavy atom. The van der Waals surface area contributed by atoms with Crippen molar-refractivity contribution in [3.63, 3.8) is 0 Å². The molecule has 0 aliphatic rings. The van der Waals surface area contributed by atoms with Crippen molar-refractivity contribution in [2.45, 2.75) is 26.1 Å². The van der Waals surface area contributed by atoms with Crippen molar-refractivity contribution in [1.29, 1.82) is 0 Å². The first-order valence-electron chi connectivity index (χ1n) is 5.42. The number of nitrogens with one attached hydrogen (secondary N) is 1. The summed E-state index contributed by atoms with van der Waals surface area (Å²) in [6, 6.07) is 5.13. The van der Waals surface area contributed by atoms with Gasteiger partial charge in [0.05, 0.1) is 18.3 Å². The van der Waals surface area contributed by atoms with E-state index in [0.717, 1.165) is 12.1 Å². The Morgan fingerprint density at radius 1 is 1.29 bits per heavy atom. The van der Waals surface area contributed by atoms with Crippen LogP contribution >= 0.6 is 0 Å². The van der Waals surface area contributed by atoms with Crippen molar-refractivity contribution in [3.8, 4) is 0 Å². The first-order chi connectivity index (χ1) is 7.89. The Kier molecular flexibility index (Phi) is 4.81. The number of rotatable bonds is 5. The molecule has 0 aliphatic heterocycles. The number of hydrogen-bond donors (Lipinski definition) is 1. The minimum absolute atomic E-state index is 0.123. The Morgan fingerprint density at radius 3 is 2.59 bits per heavy atom. The van der Waals surface area contributed by atoms with Gasteiger partial charge in [0.25, 0.3) is 0 Å². The number of halogens is 3. The molecule has 0 aromatic heterocycles. The lowest BCUT2D eigenvalue weighted by Gasteiger charge is -2.11. The van der Waals surface area contributed by atoms with Gasteiger partial charge in [0.2, 0.25) is 0 Å². The molecule has 0 heterocycles. The molecule has 2 nitrogen and oxygen atoms in total. The van der Waals surface area contributed by atoms with Gasteiger partial charge in [0.15, 0.2) is 0 Å². The number of benzene rings is 1. The number of ether oxygens (including phenoxy) is 1. The van der Waals surface area contributed by atoms with Crippen molar-refractivity contribution in [1.82, 2.24) is 0 Å². The molecule has 1 aromatic carbocycles. The molecule has 0 spiro atoms. The molecule has 1 N–H and O–H groups in total. The van der Waals surface area contributed by atoms with Crippen LogP contribution in [0.3, 0.4) is 0 Å². The van der Waals surface area contributed by atoms with Gasteiger partial charge >= 0.3 is 6.18 Å². The Labute approximate surface area is 98.8 Å². The SMILES string of the molecule is CC(C)OCCNc1cccc(C(F)(F)F)c1. The monoisotopic (exact) mass is 247 g/mol. The molecular weight excluding hydrogens is 231 g/mol. The number of hydrogen-bond acceptors (Lipinski definition) is 2. The van der Waals surface area contributed by atoms with Crippen molar-refractivity contribution in [2.24, 2.45) is 0 Å². The van der Waals surface area contributed by atoms with Crippen LogP contribution in [-0.2, 0) is 10.9 Å². The quantitative estimate of drug-likeness (QED) is 0.803. The van der Waals surface area contributed by atoms with E-state index in [0.29, 0.717) is 18.8 Å². The van der Waals surface area contributed by atoms with Gasteiger partial charge in [-0.3, -0.25) is 0 Å². The fourth-order valence-electron chi connectivity index (χ4n) is 1.30. The summed E-state index contributed by atoms with van der Waals surface area (Å²) in [5.41, 5.74) is -0.195. The van der Waals surface area contributed by atoms with Crippen LogP contribution in [0.2, 0.25) is 0 Å². The maximum absolute atomic E-state index is 12.4. The van der Waals surface area contributed by atoms with Crippen LogP contribution in [-0.4, -0.2) is 19.3 Å². The third-order valence-corrected chi connectivity index (χ3v) is 2.07. The van der Waals surface area contributed by atoms with Crippen molar-refractivity contribution in [3.05, 3.63) is 29.8 Å². The Hall–Kier alpha value is -1.23. The molecule has 0 saturated heterocycles. The van der Waals surface area contributed by atoms with Crippen LogP contribution in [0, 0.1) is 0 Å². The van der Waals surface area contributed by atoms with Crippen LogP contribution in [0.25, 0.3) is 0 Å². The van der Waals surface area contributed by atoms with E-state index in [2.05, 4.69) is 5.32 Å². The molecule has 0 amide bonds. The Bertz CT molecular complexity index is 350. The van der Waals surface area contributed by atoms with Gasteiger partial charge in [0, 0.05) is 12.2 Å². The smallest absolute Gasteiger partial charge is 0.383 e. The van der Waals surface area contributed by atoms with E-state index in [1.807, 2.05) is 13.8 Å². The molecule has 0 radical (unpaired) electrons. The highest BCUT2D eigenvalue weighted by Gasteiger charge is 2.30. The van der Waals surface area contributed by atoms with E-state index in [1.54, 1.807) is 6.07 Å². The minimum atomic E-state index is -4.30. The zero-order chi connectivity index (χ0) is 12.9. The lowest BCUT2D eigenvalue weighted by molar-refractivity contribution is -0.137. The van der Waals surface area contributed by atoms with Gasteiger partial charge in [-0.1, -0.05) is 6.07 Å². The lowest BCUT2D eigenvalue weighted by Crippen LogP contribution is -2.13. The summed E-state index contributed by atoms with van der Waals surface area (Å²) < 4.78 is 42.5. The van der Waals surface area contributed by atoms with Gasteiger partial charge in [-0.15, -0.1) is 0 Å². The largest absolute Gasteiger partial charge is 0.416 e. The van der Waals surface area contributed by atoms with Gasteiger partial charge in [0.1, 0.15) is 0 Å². The van der Waals surface area contributed by atoms with E-state index in [9.17, 15) is 13.2 Å². The highest BCUT2D eigenvalue weighted by atomic mass is 19.4. The molecule has 0 unspecified atom stereocenters. The zero-order valence-electron chi connectivity index (χ0n) is 9.84. The van der Waals surface area contributed by atoms with Gasteiger partial charge in [-0.2, -0.15) is 13.2 Å². The van der Waals surface area contributed by atoms with Crippen LogP contribution in [0.5, 0.6) is 0 Å². The summed E-state index contributed by atoms with van der Waals surface area (Å²) in [6.45, 7) is 4.77. The first kappa shape index (κ1) is 13.8. The molecule has 0 fully saturated rings. The first-order valence-corrected chi connectivity index (χ1v) is 5.42. The lowest BCUT2D eigenvalue weighted by atomic mass is 10.2. The van der Waals surface area contributed by atoms with E-state index in [4.69, 9.17) is 4.74 Å². The predicted octanol–water partition coefficient (Wildman–Crippen LogP) is 3.54. The molecule has 96 valence electrons. The van der Waals surface area contributed by atoms with Gasteiger partial charge in [-0.25, -0.2) is 0 Å². The predicted molar refractivity (Wildman–Crippen MR) is 61.0 cm³/mol. The zero-order valence-corrected chi connectivity index (χ0v) is 9.84. The summed E-state index contributed by atoms with van der Waals surface area (Å²) in [4.78, 5) is 0. The van der Waals surface area contributed by atoms with Crippen molar-refractivity contribution < 1.29 is 17.9 Å². The summed E-state index contributed by atoms with van der Waals surface area (Å²) >= 11 is 0. The highest BCUT2D eigenvalue weighted by molar-refractivity contribution is 5.46. The third-order valence-electron chi connectivity index (χ3n) is 2.07. The topological polar surface area (TPSA) is 21.3 Å². The molecule has 0 bridgehead atoms. The molecule has 17 heavy (non-hydrogen) atoms. The summed E-state index contributed by atoms with van der Waals surface area (Å²) in [7, 11) is 0. The molecule has 0 saturated carbocycles. The van der Waals surface area contributed by atoms with Crippen LogP contribution in [0.4, 0.5) is 18.9 Å². The maximum atomic E-state index is 12.4. The maximum Gasteiger partial charge on any atom is 0.416 e. The summed E-state index contributed by atoms with van der Waals surface area (Å²) in [6.07, 6.45) is -4.18. The fraction of sp³-hybridized carbons (Fsp3) is 0.500. The van der Waals surface area contributed by atoms with E-state index in [1.165, 1.54) is 6.07 Å². The summed E-state index contributed by atoms with van der Waals surface area (Å²) in [5.74, 6) is 0. The average Bonchev–Trinajstić information content (AvgIpc) is 2.23. The van der Waals surface area contributed by atoms with E-state index < -0.39 is 11.7 Å². The minimum Gasteiger partial charge on any atom is -0.383 e. The Balaban J connectivity index is 2.49. The van der Waals surface area contributed by atoms with Crippen molar-refractivity contribution in [2.75, 3.05) is 18.5 Å². The molecule has 5 heteroatoms. The van der Waals surface area contributed by atoms with Crippen molar-refractivity contribution >= 4 is 5.69 Å². The van der Waals surface area contributed by atoms with Crippen LogP contribution in [0.15, 0.2) is 24.3 Å². The molecular formula is C12H16F3NO. The molecule has 1 aromatic rings. The standard InChI is InChI=1S/C12H16F3NO/c1-9(2)17-7-6-16-11-5-3-4-10(8-11)12(13,14)15/h3-5,8-9,16H,6-7H2,1-2H3. The van der Waals surface area contributed by atoms with Gasteiger partial charge in [-0.05, 0) is 32.0 Å². The fourth-order valence-corrected chi connectivity index (χ4v) is 1.30. The van der Waals surface area contributed by atoms with E-state index >= 15 is 0 Å². The highest BCUT2D eigenvalue weighted by Crippen LogP contribution is 2.30. The third kappa shape index (κ3) is 5.08. The van der Waals surface area contributed by atoms with Crippen LogP contribution < -0.4 is 5.32 Å². The summed E-state index contributed by atoms with van der Waals surface area (Å²) in [5, 5.41) is 2.89. The normalized spacial score (nSPS) is 11.9. The van der Waals surface area contributed by atoms with E-state index in [-0.39, 0.29) is 6.10 Å². The van der Waals surface area contributed by atoms with Gasteiger partial charge < -0.3 is 10.1 Å².